The van der Waals surface area contributed by atoms with Crippen LogP contribution in [0.25, 0.3) is 17.1 Å². The summed E-state index contributed by atoms with van der Waals surface area (Å²) in [4.78, 5) is 26.8. The molecular formula is C34H31N5O. The van der Waals surface area contributed by atoms with Gasteiger partial charge in [-0.25, -0.2) is 4.79 Å². The van der Waals surface area contributed by atoms with Crippen molar-refractivity contribution in [1.29, 1.82) is 0 Å². The number of hydrogen-bond donors (Lipinski definition) is 0. The first-order valence-electron chi connectivity index (χ1n) is 14.0. The minimum Gasteiger partial charge on any atom is -0.321 e. The summed E-state index contributed by atoms with van der Waals surface area (Å²) >= 11 is 0. The lowest BCUT2D eigenvalue weighted by Crippen LogP contribution is -2.38. The lowest BCUT2D eigenvalue weighted by atomic mass is 10.0. The quantitative estimate of drug-likeness (QED) is 0.331. The maximum atomic E-state index is 12.7. The van der Waals surface area contributed by atoms with Crippen LogP contribution in [0.4, 0.5) is 5.69 Å². The molecule has 0 bridgehead atoms. The number of benzene rings is 4. The van der Waals surface area contributed by atoms with Crippen molar-refractivity contribution in [1.82, 2.24) is 14.5 Å². The van der Waals surface area contributed by atoms with Crippen LogP contribution in [0.1, 0.15) is 36.2 Å². The monoisotopic (exact) mass is 525 g/mol. The third-order valence-corrected chi connectivity index (χ3v) is 8.08. The van der Waals surface area contributed by atoms with E-state index in [0.29, 0.717) is 0 Å². The van der Waals surface area contributed by atoms with E-state index in [0.717, 1.165) is 59.6 Å². The smallest absolute Gasteiger partial charge is 0.321 e. The van der Waals surface area contributed by atoms with Gasteiger partial charge in [-0.05, 0) is 48.2 Å². The Kier molecular flexibility index (Phi) is 6.46. The van der Waals surface area contributed by atoms with Crippen LogP contribution in [0.15, 0.2) is 119 Å². The third-order valence-electron chi connectivity index (χ3n) is 8.08. The van der Waals surface area contributed by atoms with Gasteiger partial charge in [0.05, 0.1) is 10.9 Å². The summed E-state index contributed by atoms with van der Waals surface area (Å²) in [5.41, 5.74) is 4.20. The lowest BCUT2D eigenvalue weighted by molar-refractivity contribution is 0.177. The lowest BCUT2D eigenvalue weighted by Gasteiger charge is -2.33. The molecule has 2 aliphatic heterocycles. The Balaban J connectivity index is 1.06. The Morgan fingerprint density at radius 1 is 0.775 bits per heavy atom. The molecule has 1 aromatic heterocycles. The van der Waals surface area contributed by atoms with Crippen LogP contribution < -0.4 is 21.2 Å². The molecule has 0 aliphatic carbocycles. The van der Waals surface area contributed by atoms with Gasteiger partial charge in [0.1, 0.15) is 0 Å². The van der Waals surface area contributed by atoms with Gasteiger partial charge in [0.25, 0.3) is 0 Å². The zero-order valence-electron chi connectivity index (χ0n) is 22.3. The summed E-state index contributed by atoms with van der Waals surface area (Å²) in [7, 11) is 0. The second kappa shape index (κ2) is 10.5. The number of hydrogen-bond acceptors (Lipinski definition) is 5. The zero-order valence-corrected chi connectivity index (χ0v) is 22.3. The fourth-order valence-corrected chi connectivity index (χ4v) is 5.92. The van der Waals surface area contributed by atoms with Crippen LogP contribution in [-0.4, -0.2) is 27.5 Å². The highest BCUT2D eigenvalue weighted by Gasteiger charge is 2.23. The summed E-state index contributed by atoms with van der Waals surface area (Å²) in [6.45, 7) is 2.81. The van der Waals surface area contributed by atoms with Crippen LogP contribution in [0.3, 0.4) is 0 Å². The van der Waals surface area contributed by atoms with Crippen LogP contribution in [-0.2, 0) is 6.54 Å². The molecule has 0 radical (unpaired) electrons. The standard InChI is InChI=1S/C34H31N5O/c40-34-36-32-13-7-5-11-28(32)24-39(34)30-18-20-37(21-19-30)22-25-14-16-29(17-15-25)38-23-27-10-4-6-12-31(27)35-33(38)26-8-2-1-3-9-26/h1-17,23-24,30,33H,18-22H2. The minimum absolute atomic E-state index is 0.103. The van der Waals surface area contributed by atoms with Crippen molar-refractivity contribution in [3.63, 3.8) is 0 Å². The molecule has 6 nitrogen and oxygen atoms in total. The highest BCUT2D eigenvalue weighted by atomic mass is 16.1. The van der Waals surface area contributed by atoms with Gasteiger partial charge < -0.3 is 4.90 Å². The number of piperidine rings is 1. The average Bonchev–Trinajstić information content (AvgIpc) is 3.01. The molecular weight excluding hydrogens is 494 g/mol. The molecule has 6 heteroatoms. The molecule has 4 aromatic carbocycles. The predicted octanol–water partition coefficient (Wildman–Crippen LogP) is 4.81. The van der Waals surface area contributed by atoms with Crippen molar-refractivity contribution in [2.24, 2.45) is 4.99 Å². The van der Waals surface area contributed by atoms with Crippen molar-refractivity contribution in [3.05, 3.63) is 142 Å². The first kappa shape index (κ1) is 24.5. The predicted molar refractivity (Wildman–Crippen MR) is 159 cm³/mol. The summed E-state index contributed by atoms with van der Waals surface area (Å²) in [6.07, 6.45) is 5.98. The fraction of sp³-hybridized carbons (Fsp3) is 0.206. The van der Waals surface area contributed by atoms with Crippen LogP contribution >= 0.6 is 0 Å². The number of para-hydroxylation sites is 2. The van der Waals surface area contributed by atoms with E-state index in [-0.39, 0.29) is 17.9 Å². The molecule has 0 saturated carbocycles. The molecule has 198 valence electrons. The Morgan fingerprint density at radius 3 is 2.33 bits per heavy atom. The number of aromatic nitrogens is 2. The van der Waals surface area contributed by atoms with E-state index in [1.807, 2.05) is 47.2 Å². The summed E-state index contributed by atoms with van der Waals surface area (Å²) in [6, 6.07) is 35.7. The molecule has 0 amide bonds. The molecule has 5 aromatic rings. The number of anilines is 1. The van der Waals surface area contributed by atoms with Crippen molar-refractivity contribution in [2.75, 3.05) is 18.0 Å². The second-order valence-corrected chi connectivity index (χ2v) is 10.7. The Labute approximate surface area is 233 Å². The largest absolute Gasteiger partial charge is 0.348 e. The first-order chi connectivity index (χ1) is 19.7. The SMILES string of the molecule is O=c1nc2ccccc2cn1C1CCN(Cc2ccc(N3C=c4ccccc4=NC3c3ccccc3)cc2)CC1. The van der Waals surface area contributed by atoms with Crippen molar-refractivity contribution in [3.8, 4) is 0 Å². The number of likely N-dealkylation sites (tertiary alicyclic amines) is 1. The van der Waals surface area contributed by atoms with E-state index in [9.17, 15) is 4.79 Å². The van der Waals surface area contributed by atoms with Gasteiger partial charge >= 0.3 is 5.69 Å². The average molecular weight is 526 g/mol. The normalized spacial score (nSPS) is 17.7. The Hall–Kier alpha value is -4.55. The molecule has 1 fully saturated rings. The van der Waals surface area contributed by atoms with Crippen LogP contribution in [0, 0.1) is 0 Å². The maximum absolute atomic E-state index is 12.7. The van der Waals surface area contributed by atoms with Gasteiger partial charge in [-0.15, -0.1) is 0 Å². The highest BCUT2D eigenvalue weighted by molar-refractivity contribution is 5.77. The molecule has 0 spiro atoms. The van der Waals surface area contributed by atoms with Gasteiger partial charge in [-0.2, -0.15) is 4.98 Å². The molecule has 0 N–H and O–H groups in total. The van der Waals surface area contributed by atoms with Gasteiger partial charge in [0.15, 0.2) is 6.17 Å². The van der Waals surface area contributed by atoms with Crippen molar-refractivity contribution in [2.45, 2.75) is 31.6 Å². The van der Waals surface area contributed by atoms with Gasteiger partial charge in [0.2, 0.25) is 0 Å². The molecule has 1 atom stereocenters. The Bertz CT molecular complexity index is 1820. The fourth-order valence-electron chi connectivity index (χ4n) is 5.92. The van der Waals surface area contributed by atoms with E-state index < -0.39 is 0 Å². The molecule has 40 heavy (non-hydrogen) atoms. The summed E-state index contributed by atoms with van der Waals surface area (Å²) < 4.78 is 1.84. The highest BCUT2D eigenvalue weighted by Crippen LogP contribution is 2.30. The third kappa shape index (κ3) is 4.82. The number of rotatable bonds is 5. The van der Waals surface area contributed by atoms with Crippen LogP contribution in [0.2, 0.25) is 0 Å². The van der Waals surface area contributed by atoms with Gasteiger partial charge in [-0.3, -0.25) is 14.5 Å². The molecule has 1 unspecified atom stereocenters. The number of nitrogens with zero attached hydrogens (tertiary/aromatic N) is 5. The first-order valence-corrected chi connectivity index (χ1v) is 14.0. The molecule has 1 saturated heterocycles. The molecule has 3 heterocycles. The summed E-state index contributed by atoms with van der Waals surface area (Å²) in [5.74, 6) is 0. The Morgan fingerprint density at radius 2 is 1.50 bits per heavy atom. The van der Waals surface area contributed by atoms with Crippen molar-refractivity contribution >= 4 is 22.8 Å². The van der Waals surface area contributed by atoms with Crippen LogP contribution in [0.5, 0.6) is 0 Å². The zero-order chi connectivity index (χ0) is 26.9. The van der Waals surface area contributed by atoms with E-state index in [1.165, 1.54) is 11.1 Å². The van der Waals surface area contributed by atoms with E-state index in [1.54, 1.807) is 0 Å². The van der Waals surface area contributed by atoms with E-state index in [2.05, 4.69) is 87.7 Å². The minimum atomic E-state index is -0.148. The van der Waals surface area contributed by atoms with Gasteiger partial charge in [-0.1, -0.05) is 78.9 Å². The summed E-state index contributed by atoms with van der Waals surface area (Å²) in [5, 5.41) is 3.16. The van der Waals surface area contributed by atoms with Crippen molar-refractivity contribution < 1.29 is 0 Å². The number of fused-ring (bicyclic) bond motifs is 2. The topological polar surface area (TPSA) is 53.7 Å². The van der Waals surface area contributed by atoms with Gasteiger partial charge in [0, 0.05) is 54.4 Å². The molecule has 7 rings (SSSR count). The van der Waals surface area contributed by atoms with E-state index >= 15 is 0 Å². The maximum Gasteiger partial charge on any atom is 0.348 e. The molecule has 2 aliphatic rings. The second-order valence-electron chi connectivity index (χ2n) is 10.7. The van der Waals surface area contributed by atoms with E-state index in [4.69, 9.17) is 4.99 Å².